The molecule has 2 aromatic carbocycles. The zero-order chi connectivity index (χ0) is 23.4. The SMILES string of the molecule is CC(C)[C@H](NC(=O)c1ccc(Cl)c([N+](=O)[O-])c1)C(=O)Nc1cccc(C(=O)NC2CC2)c1. The summed E-state index contributed by atoms with van der Waals surface area (Å²) in [5.74, 6) is -1.60. The summed E-state index contributed by atoms with van der Waals surface area (Å²) in [5, 5.41) is 19.2. The van der Waals surface area contributed by atoms with Crippen molar-refractivity contribution in [3.8, 4) is 0 Å². The summed E-state index contributed by atoms with van der Waals surface area (Å²) in [7, 11) is 0. The molecule has 1 aliphatic carbocycles. The summed E-state index contributed by atoms with van der Waals surface area (Å²) in [6.45, 7) is 3.52. The number of hydrogen-bond donors (Lipinski definition) is 3. The summed E-state index contributed by atoms with van der Waals surface area (Å²) in [4.78, 5) is 48.1. The Bertz CT molecular complexity index is 1070. The number of rotatable bonds is 8. The first kappa shape index (κ1) is 23.2. The Morgan fingerprint density at radius 2 is 1.75 bits per heavy atom. The molecule has 2 aromatic rings. The lowest BCUT2D eigenvalue weighted by Gasteiger charge is -2.22. The predicted octanol–water partition coefficient (Wildman–Crippen LogP) is 3.53. The maximum absolute atomic E-state index is 12.9. The number of carbonyl (C=O) groups is 3. The Labute approximate surface area is 189 Å². The van der Waals surface area contributed by atoms with E-state index in [4.69, 9.17) is 11.6 Å². The molecule has 0 aromatic heterocycles. The molecule has 0 radical (unpaired) electrons. The minimum Gasteiger partial charge on any atom is -0.349 e. The predicted molar refractivity (Wildman–Crippen MR) is 120 cm³/mol. The molecule has 0 aliphatic heterocycles. The van der Waals surface area contributed by atoms with E-state index in [9.17, 15) is 24.5 Å². The van der Waals surface area contributed by atoms with Gasteiger partial charge in [-0.1, -0.05) is 31.5 Å². The van der Waals surface area contributed by atoms with Crippen LogP contribution in [0, 0.1) is 16.0 Å². The van der Waals surface area contributed by atoms with Gasteiger partial charge in [-0.05, 0) is 49.1 Å². The molecule has 168 valence electrons. The van der Waals surface area contributed by atoms with Crippen molar-refractivity contribution >= 4 is 40.7 Å². The van der Waals surface area contributed by atoms with Crippen LogP contribution in [0.2, 0.25) is 5.02 Å². The van der Waals surface area contributed by atoms with Crippen LogP contribution >= 0.6 is 11.6 Å². The van der Waals surface area contributed by atoms with Crippen molar-refractivity contribution in [2.45, 2.75) is 38.8 Å². The summed E-state index contributed by atoms with van der Waals surface area (Å²) >= 11 is 5.79. The van der Waals surface area contributed by atoms with Crippen LogP contribution in [0.4, 0.5) is 11.4 Å². The summed E-state index contributed by atoms with van der Waals surface area (Å²) in [5.41, 5.74) is 0.457. The van der Waals surface area contributed by atoms with Gasteiger partial charge in [0.25, 0.3) is 17.5 Å². The summed E-state index contributed by atoms with van der Waals surface area (Å²) < 4.78 is 0. The maximum atomic E-state index is 12.9. The summed E-state index contributed by atoms with van der Waals surface area (Å²) in [6, 6.07) is 9.50. The van der Waals surface area contributed by atoms with Gasteiger partial charge < -0.3 is 16.0 Å². The number of carbonyl (C=O) groups excluding carboxylic acids is 3. The van der Waals surface area contributed by atoms with Crippen LogP contribution in [-0.2, 0) is 4.79 Å². The number of anilines is 1. The van der Waals surface area contributed by atoms with Crippen molar-refractivity contribution in [1.29, 1.82) is 0 Å². The molecular weight excluding hydrogens is 436 g/mol. The Morgan fingerprint density at radius 1 is 1.06 bits per heavy atom. The minimum absolute atomic E-state index is 0.0123. The second-order valence-electron chi connectivity index (χ2n) is 7.94. The van der Waals surface area contributed by atoms with Crippen LogP contribution in [0.3, 0.4) is 0 Å². The number of halogens is 1. The average Bonchev–Trinajstić information content (AvgIpc) is 3.55. The minimum atomic E-state index is -0.916. The molecule has 9 nitrogen and oxygen atoms in total. The Kier molecular flexibility index (Phi) is 7.09. The third-order valence-electron chi connectivity index (χ3n) is 4.95. The molecule has 0 saturated heterocycles. The first-order valence-corrected chi connectivity index (χ1v) is 10.5. The van der Waals surface area contributed by atoms with Crippen molar-refractivity contribution < 1.29 is 19.3 Å². The molecule has 3 amide bonds. The molecule has 0 bridgehead atoms. The van der Waals surface area contributed by atoms with Crippen LogP contribution in [0.1, 0.15) is 47.4 Å². The zero-order valence-corrected chi connectivity index (χ0v) is 18.3. The van der Waals surface area contributed by atoms with Gasteiger partial charge in [0.2, 0.25) is 5.91 Å². The van der Waals surface area contributed by atoms with E-state index in [1.54, 1.807) is 38.1 Å². The zero-order valence-electron chi connectivity index (χ0n) is 17.6. The lowest BCUT2D eigenvalue weighted by atomic mass is 10.0. The monoisotopic (exact) mass is 458 g/mol. The highest BCUT2D eigenvalue weighted by Gasteiger charge is 2.27. The number of amides is 3. The fourth-order valence-electron chi connectivity index (χ4n) is 3.01. The molecule has 32 heavy (non-hydrogen) atoms. The number of nitro benzene ring substituents is 1. The van der Waals surface area contributed by atoms with Gasteiger partial charge in [0.15, 0.2) is 0 Å². The van der Waals surface area contributed by atoms with Crippen LogP contribution in [0.5, 0.6) is 0 Å². The van der Waals surface area contributed by atoms with Crippen LogP contribution < -0.4 is 16.0 Å². The van der Waals surface area contributed by atoms with Crippen molar-refractivity contribution in [1.82, 2.24) is 10.6 Å². The lowest BCUT2D eigenvalue weighted by Crippen LogP contribution is -2.47. The van der Waals surface area contributed by atoms with Gasteiger partial charge in [-0.25, -0.2) is 0 Å². The highest BCUT2D eigenvalue weighted by molar-refractivity contribution is 6.32. The molecule has 1 atom stereocenters. The molecule has 0 spiro atoms. The van der Waals surface area contributed by atoms with Crippen LogP contribution in [-0.4, -0.2) is 34.7 Å². The molecule has 1 aliphatic rings. The van der Waals surface area contributed by atoms with E-state index in [2.05, 4.69) is 16.0 Å². The fraction of sp³-hybridized carbons (Fsp3) is 0.318. The average molecular weight is 459 g/mol. The van der Waals surface area contributed by atoms with E-state index in [0.717, 1.165) is 18.9 Å². The highest BCUT2D eigenvalue weighted by Crippen LogP contribution is 2.25. The van der Waals surface area contributed by atoms with Gasteiger partial charge >= 0.3 is 0 Å². The van der Waals surface area contributed by atoms with E-state index in [1.807, 2.05) is 0 Å². The van der Waals surface area contributed by atoms with Crippen molar-refractivity contribution in [3.05, 3.63) is 68.7 Å². The van der Waals surface area contributed by atoms with Crippen LogP contribution in [0.15, 0.2) is 42.5 Å². The molecular formula is C22H23ClN4O5. The molecule has 0 unspecified atom stereocenters. The Hall–Kier alpha value is -3.46. The van der Waals surface area contributed by atoms with Crippen molar-refractivity contribution in [2.24, 2.45) is 5.92 Å². The molecule has 1 fully saturated rings. The number of benzene rings is 2. The second kappa shape index (κ2) is 9.78. The maximum Gasteiger partial charge on any atom is 0.288 e. The van der Waals surface area contributed by atoms with Crippen molar-refractivity contribution in [3.63, 3.8) is 0 Å². The molecule has 1 saturated carbocycles. The Morgan fingerprint density at radius 3 is 2.38 bits per heavy atom. The smallest absolute Gasteiger partial charge is 0.288 e. The third-order valence-corrected chi connectivity index (χ3v) is 5.27. The quantitative estimate of drug-likeness (QED) is 0.411. The molecule has 3 rings (SSSR count). The van der Waals surface area contributed by atoms with E-state index >= 15 is 0 Å². The highest BCUT2D eigenvalue weighted by atomic mass is 35.5. The van der Waals surface area contributed by atoms with Gasteiger partial charge in [-0.2, -0.15) is 0 Å². The van der Waals surface area contributed by atoms with E-state index in [-0.39, 0.29) is 28.5 Å². The van der Waals surface area contributed by atoms with Crippen molar-refractivity contribution in [2.75, 3.05) is 5.32 Å². The molecule has 0 heterocycles. The number of nitro groups is 1. The number of nitrogens with one attached hydrogen (secondary N) is 3. The summed E-state index contributed by atoms with van der Waals surface area (Å²) in [6.07, 6.45) is 1.93. The second-order valence-corrected chi connectivity index (χ2v) is 8.34. The van der Waals surface area contributed by atoms with Gasteiger partial charge in [0.1, 0.15) is 11.1 Å². The van der Waals surface area contributed by atoms with E-state index < -0.39 is 28.5 Å². The van der Waals surface area contributed by atoms with Gasteiger partial charge in [-0.15, -0.1) is 0 Å². The Balaban J connectivity index is 1.71. The third kappa shape index (κ3) is 5.82. The van der Waals surface area contributed by atoms with Gasteiger partial charge in [0, 0.05) is 28.9 Å². The van der Waals surface area contributed by atoms with Gasteiger partial charge in [-0.3, -0.25) is 24.5 Å². The largest absolute Gasteiger partial charge is 0.349 e. The standard InChI is InChI=1S/C22H23ClN4O5/c1-12(2)19(26-21(29)14-6-9-17(23)18(11-14)27(31)32)22(30)25-16-5-3-4-13(10-16)20(28)24-15-7-8-15/h3-6,9-12,15,19H,7-8H2,1-2H3,(H,24,28)(H,25,30)(H,26,29)/t19-/m0/s1. The van der Waals surface area contributed by atoms with E-state index in [1.165, 1.54) is 12.1 Å². The first-order chi connectivity index (χ1) is 15.2. The molecule has 3 N–H and O–H groups in total. The van der Waals surface area contributed by atoms with E-state index in [0.29, 0.717) is 11.3 Å². The topological polar surface area (TPSA) is 130 Å². The normalized spacial score (nSPS) is 13.9. The van der Waals surface area contributed by atoms with Gasteiger partial charge in [0.05, 0.1) is 4.92 Å². The number of hydrogen-bond acceptors (Lipinski definition) is 5. The number of nitrogens with zero attached hydrogens (tertiary/aromatic N) is 1. The lowest BCUT2D eigenvalue weighted by molar-refractivity contribution is -0.384. The van der Waals surface area contributed by atoms with Crippen LogP contribution in [0.25, 0.3) is 0 Å². The first-order valence-electron chi connectivity index (χ1n) is 10.1. The fourth-order valence-corrected chi connectivity index (χ4v) is 3.19. The molecule has 10 heteroatoms.